The van der Waals surface area contributed by atoms with E-state index in [2.05, 4.69) is 20.5 Å². The number of nitrogens with zero attached hydrogens (tertiary/aromatic N) is 3. The number of anilines is 1. The van der Waals surface area contributed by atoms with E-state index in [1.54, 1.807) is 18.2 Å². The lowest BCUT2D eigenvalue weighted by atomic mass is 10.0. The highest BCUT2D eigenvalue weighted by Crippen LogP contribution is 2.28. The Hall–Kier alpha value is -2.28. The molecule has 2 aliphatic rings. The van der Waals surface area contributed by atoms with Crippen LogP contribution in [0.4, 0.5) is 5.69 Å². The number of Topliss-reactive ketones (excluding diaryl/α,β-unsaturated/α-hetero) is 1. The Balaban J connectivity index is 1.49. The van der Waals surface area contributed by atoms with E-state index in [4.69, 9.17) is 0 Å². The van der Waals surface area contributed by atoms with Crippen LogP contribution >= 0.6 is 11.8 Å². The average molecular weight is 354 g/mol. The van der Waals surface area contributed by atoms with Gasteiger partial charge in [0.2, 0.25) is 11.1 Å². The Kier molecular flexibility index (Phi) is 4.25. The van der Waals surface area contributed by atoms with Gasteiger partial charge in [-0.25, -0.2) is 4.98 Å². The Bertz CT molecular complexity index is 868. The molecule has 0 radical (unpaired) electrons. The number of benzene rings is 1. The monoisotopic (exact) mass is 354 g/mol. The molecule has 25 heavy (non-hydrogen) atoms. The first kappa shape index (κ1) is 16.2. The highest BCUT2D eigenvalue weighted by Gasteiger charge is 2.23. The number of hydrogen-bond acceptors (Lipinski definition) is 6. The molecule has 2 aromatic rings. The number of aromatic nitrogens is 3. The van der Waals surface area contributed by atoms with Crippen LogP contribution in [0.25, 0.3) is 0 Å². The molecule has 128 valence electrons. The summed E-state index contributed by atoms with van der Waals surface area (Å²) in [5, 5.41) is 11.5. The van der Waals surface area contributed by atoms with Crippen molar-refractivity contribution in [2.75, 3.05) is 5.32 Å². The number of amides is 1. The topological polar surface area (TPSA) is 84.8 Å². The molecule has 1 N–H and O–H groups in total. The minimum atomic E-state index is -0.313. The molecule has 1 aliphatic carbocycles. The quantitative estimate of drug-likeness (QED) is 0.671. The molecule has 0 saturated carbocycles. The summed E-state index contributed by atoms with van der Waals surface area (Å²) in [6.45, 7) is 1.85. The van der Waals surface area contributed by atoms with Gasteiger partial charge in [-0.3, -0.25) is 9.59 Å². The van der Waals surface area contributed by atoms with Crippen LogP contribution < -0.4 is 5.32 Å². The Morgan fingerprint density at radius 3 is 2.84 bits per heavy atom. The summed E-state index contributed by atoms with van der Waals surface area (Å²) in [6, 6.07) is 5.36. The second-order valence-electron chi connectivity index (χ2n) is 6.42. The SMILES string of the molecule is C[C@@H](Sc1nnc2c(n1)CCCC2)C(=O)c1ccc2c(c1)CC(=O)N2. The minimum absolute atomic E-state index is 0.00784. The first-order valence-electron chi connectivity index (χ1n) is 8.46. The molecule has 0 fully saturated rings. The fraction of sp³-hybridized carbons (Fsp3) is 0.389. The predicted molar refractivity (Wildman–Crippen MR) is 94.9 cm³/mol. The van der Waals surface area contributed by atoms with Gasteiger partial charge < -0.3 is 5.32 Å². The van der Waals surface area contributed by atoms with Crippen molar-refractivity contribution in [2.24, 2.45) is 0 Å². The maximum atomic E-state index is 12.7. The smallest absolute Gasteiger partial charge is 0.228 e. The van der Waals surface area contributed by atoms with Crippen LogP contribution in [0.15, 0.2) is 23.4 Å². The predicted octanol–water partition coefficient (Wildman–Crippen LogP) is 2.61. The van der Waals surface area contributed by atoms with Crippen LogP contribution in [0, 0.1) is 0 Å². The van der Waals surface area contributed by atoms with Crippen LogP contribution in [-0.4, -0.2) is 32.1 Å². The second-order valence-corrected chi connectivity index (χ2v) is 7.72. The maximum absolute atomic E-state index is 12.7. The Morgan fingerprint density at radius 1 is 1.20 bits per heavy atom. The molecule has 1 amide bonds. The van der Waals surface area contributed by atoms with E-state index in [0.29, 0.717) is 17.1 Å². The van der Waals surface area contributed by atoms with E-state index >= 15 is 0 Å². The molecular weight excluding hydrogens is 336 g/mol. The lowest BCUT2D eigenvalue weighted by molar-refractivity contribution is -0.115. The molecule has 4 rings (SSSR count). The third-order valence-corrected chi connectivity index (χ3v) is 5.51. The van der Waals surface area contributed by atoms with Crippen LogP contribution in [0.1, 0.15) is 47.1 Å². The van der Waals surface area contributed by atoms with Gasteiger partial charge in [-0.15, -0.1) is 5.10 Å². The zero-order valence-corrected chi connectivity index (χ0v) is 14.7. The second kappa shape index (κ2) is 6.55. The number of fused-ring (bicyclic) bond motifs is 2. The number of carbonyl (C=O) groups is 2. The number of rotatable bonds is 4. The van der Waals surface area contributed by atoms with Gasteiger partial charge >= 0.3 is 0 Å². The summed E-state index contributed by atoms with van der Waals surface area (Å²) < 4.78 is 0. The van der Waals surface area contributed by atoms with Gasteiger partial charge in [0.05, 0.1) is 23.1 Å². The normalized spacial score (nSPS) is 16.8. The molecule has 2 heterocycles. The van der Waals surface area contributed by atoms with E-state index in [-0.39, 0.29) is 16.9 Å². The molecule has 6 nitrogen and oxygen atoms in total. The van der Waals surface area contributed by atoms with E-state index in [1.165, 1.54) is 11.8 Å². The third-order valence-electron chi connectivity index (χ3n) is 4.56. The Labute approximate surface area is 149 Å². The molecular formula is C18H18N4O2S. The standard InChI is InChI=1S/C18H18N4O2S/c1-10(25-18-20-14-4-2-3-5-15(14)21-22-18)17(24)11-6-7-13-12(8-11)9-16(23)19-13/h6-8,10H,2-5,9H2,1H3,(H,19,23)/t10-/m1/s1. The van der Waals surface area contributed by atoms with Crippen LogP contribution in [0.5, 0.6) is 0 Å². The molecule has 0 unspecified atom stereocenters. The van der Waals surface area contributed by atoms with Crippen LogP contribution in [-0.2, 0) is 24.1 Å². The summed E-state index contributed by atoms with van der Waals surface area (Å²) in [7, 11) is 0. The molecule has 0 bridgehead atoms. The number of nitrogens with one attached hydrogen (secondary N) is 1. The summed E-state index contributed by atoms with van der Waals surface area (Å²) in [5.41, 5.74) is 4.29. The fourth-order valence-electron chi connectivity index (χ4n) is 3.22. The van der Waals surface area contributed by atoms with E-state index < -0.39 is 0 Å². The number of thioether (sulfide) groups is 1. The van der Waals surface area contributed by atoms with E-state index in [9.17, 15) is 9.59 Å². The van der Waals surface area contributed by atoms with Crippen molar-refractivity contribution in [1.82, 2.24) is 15.2 Å². The third kappa shape index (κ3) is 3.28. The lowest BCUT2D eigenvalue weighted by Crippen LogP contribution is -2.16. The fourth-order valence-corrected chi connectivity index (χ4v) is 4.03. The molecule has 1 aromatic heterocycles. The van der Waals surface area contributed by atoms with Crippen molar-refractivity contribution < 1.29 is 9.59 Å². The summed E-state index contributed by atoms with van der Waals surface area (Å²) in [4.78, 5) is 28.7. The first-order valence-corrected chi connectivity index (χ1v) is 9.34. The molecule has 0 spiro atoms. The summed E-state index contributed by atoms with van der Waals surface area (Å²) in [5.74, 6) is -0.0241. The van der Waals surface area contributed by atoms with Crippen molar-refractivity contribution >= 4 is 29.1 Å². The molecule has 0 saturated heterocycles. The molecule has 1 atom stereocenters. The highest BCUT2D eigenvalue weighted by atomic mass is 32.2. The molecule has 1 aliphatic heterocycles. The largest absolute Gasteiger partial charge is 0.326 e. The van der Waals surface area contributed by atoms with Gasteiger partial charge in [-0.1, -0.05) is 11.8 Å². The lowest BCUT2D eigenvalue weighted by Gasteiger charge is -2.14. The zero-order chi connectivity index (χ0) is 17.4. The highest BCUT2D eigenvalue weighted by molar-refractivity contribution is 8.00. The minimum Gasteiger partial charge on any atom is -0.326 e. The van der Waals surface area contributed by atoms with Crippen LogP contribution in [0.3, 0.4) is 0 Å². The van der Waals surface area contributed by atoms with Crippen molar-refractivity contribution in [1.29, 1.82) is 0 Å². The van der Waals surface area contributed by atoms with E-state index in [0.717, 1.165) is 48.3 Å². The van der Waals surface area contributed by atoms with Crippen LogP contribution in [0.2, 0.25) is 0 Å². The van der Waals surface area contributed by atoms with Gasteiger partial charge in [-0.05, 0) is 56.4 Å². The van der Waals surface area contributed by atoms with Gasteiger partial charge in [0, 0.05) is 11.3 Å². The van der Waals surface area contributed by atoms with Crippen molar-refractivity contribution in [3.63, 3.8) is 0 Å². The molecule has 7 heteroatoms. The van der Waals surface area contributed by atoms with Crippen molar-refractivity contribution in [3.05, 3.63) is 40.7 Å². The average Bonchev–Trinajstić information content (AvgIpc) is 3.00. The summed E-state index contributed by atoms with van der Waals surface area (Å²) in [6.07, 6.45) is 4.48. The molecule has 1 aromatic carbocycles. The van der Waals surface area contributed by atoms with Gasteiger partial charge in [0.25, 0.3) is 0 Å². The van der Waals surface area contributed by atoms with Gasteiger partial charge in [-0.2, -0.15) is 5.10 Å². The zero-order valence-electron chi connectivity index (χ0n) is 13.9. The number of hydrogen-bond donors (Lipinski definition) is 1. The van der Waals surface area contributed by atoms with E-state index in [1.807, 2.05) is 6.92 Å². The summed E-state index contributed by atoms with van der Waals surface area (Å²) >= 11 is 1.34. The van der Waals surface area contributed by atoms with Gasteiger partial charge in [0.1, 0.15) is 0 Å². The maximum Gasteiger partial charge on any atom is 0.228 e. The number of aryl methyl sites for hydroxylation is 2. The van der Waals surface area contributed by atoms with Crippen molar-refractivity contribution in [2.45, 2.75) is 49.4 Å². The number of carbonyl (C=O) groups excluding carboxylic acids is 2. The Morgan fingerprint density at radius 2 is 2.00 bits per heavy atom. The van der Waals surface area contributed by atoms with Crippen molar-refractivity contribution in [3.8, 4) is 0 Å². The first-order chi connectivity index (χ1) is 12.1. The van der Waals surface area contributed by atoms with Gasteiger partial charge in [0.15, 0.2) is 5.78 Å². The number of ketones is 1.